The first-order chi connectivity index (χ1) is 7.58. The average Bonchev–Trinajstić information content (AvgIpc) is 2.61. The van der Waals surface area contributed by atoms with Gasteiger partial charge < -0.3 is 15.1 Å². The van der Waals surface area contributed by atoms with E-state index in [0.717, 1.165) is 18.1 Å². The van der Waals surface area contributed by atoms with E-state index >= 15 is 0 Å². The topological polar surface area (TPSA) is 54.3 Å². The zero-order chi connectivity index (χ0) is 12.0. The van der Waals surface area contributed by atoms with Crippen molar-refractivity contribution in [2.45, 2.75) is 27.3 Å². The third-order valence-electron chi connectivity index (χ3n) is 2.09. The van der Waals surface area contributed by atoms with Crippen molar-refractivity contribution in [2.75, 3.05) is 13.1 Å². The Morgan fingerprint density at radius 1 is 1.44 bits per heavy atom. The molecule has 2 N–H and O–H groups in total. The Hall–Kier alpha value is -1.29. The van der Waals surface area contributed by atoms with E-state index in [9.17, 15) is 4.79 Å². The summed E-state index contributed by atoms with van der Waals surface area (Å²) in [7, 11) is 0. The van der Waals surface area contributed by atoms with E-state index < -0.39 is 0 Å². The third-order valence-corrected chi connectivity index (χ3v) is 2.09. The Labute approximate surface area is 96.4 Å². The molecule has 0 aromatic carbocycles. The van der Waals surface area contributed by atoms with Crippen molar-refractivity contribution in [3.8, 4) is 0 Å². The van der Waals surface area contributed by atoms with Crippen molar-refractivity contribution in [3.05, 3.63) is 23.7 Å². The maximum absolute atomic E-state index is 11.3. The molecule has 0 unspecified atom stereocenters. The molecule has 0 aliphatic heterocycles. The largest absolute Gasteiger partial charge is 0.465 e. The first-order valence-corrected chi connectivity index (χ1v) is 5.60. The summed E-state index contributed by atoms with van der Waals surface area (Å²) in [5.74, 6) is 2.25. The molecular weight excluding hydrogens is 204 g/mol. The van der Waals surface area contributed by atoms with Gasteiger partial charge in [-0.05, 0) is 25.0 Å². The fourth-order valence-corrected chi connectivity index (χ4v) is 1.26. The van der Waals surface area contributed by atoms with Gasteiger partial charge in [0, 0.05) is 6.54 Å². The summed E-state index contributed by atoms with van der Waals surface area (Å²) >= 11 is 0. The predicted molar refractivity (Wildman–Crippen MR) is 63.0 cm³/mol. The van der Waals surface area contributed by atoms with Crippen LogP contribution < -0.4 is 10.6 Å². The number of carbonyl (C=O) groups excluding carboxylic acids is 1. The molecule has 0 saturated carbocycles. The number of nitrogens with one attached hydrogen (secondary N) is 2. The molecule has 0 aliphatic carbocycles. The van der Waals surface area contributed by atoms with Gasteiger partial charge in [0.05, 0.1) is 13.1 Å². The van der Waals surface area contributed by atoms with Crippen molar-refractivity contribution >= 4 is 5.91 Å². The molecule has 90 valence electrons. The molecule has 0 bridgehead atoms. The Kier molecular flexibility index (Phi) is 5.05. The molecule has 0 fully saturated rings. The van der Waals surface area contributed by atoms with E-state index in [2.05, 4.69) is 24.5 Å². The van der Waals surface area contributed by atoms with Crippen molar-refractivity contribution in [3.63, 3.8) is 0 Å². The summed E-state index contributed by atoms with van der Waals surface area (Å²) in [5, 5.41) is 5.87. The molecule has 4 heteroatoms. The highest BCUT2D eigenvalue weighted by molar-refractivity contribution is 5.77. The second kappa shape index (κ2) is 6.33. The highest BCUT2D eigenvalue weighted by Crippen LogP contribution is 2.04. The van der Waals surface area contributed by atoms with Gasteiger partial charge in [-0.2, -0.15) is 0 Å². The first-order valence-electron chi connectivity index (χ1n) is 5.60. The Morgan fingerprint density at radius 3 is 2.75 bits per heavy atom. The van der Waals surface area contributed by atoms with Gasteiger partial charge in [-0.1, -0.05) is 13.8 Å². The number of aryl methyl sites for hydroxylation is 1. The van der Waals surface area contributed by atoms with E-state index in [4.69, 9.17) is 4.42 Å². The second-order valence-electron chi connectivity index (χ2n) is 4.31. The van der Waals surface area contributed by atoms with Crippen LogP contribution in [0.15, 0.2) is 16.5 Å². The molecule has 1 amide bonds. The Morgan fingerprint density at radius 2 is 2.19 bits per heavy atom. The minimum Gasteiger partial charge on any atom is -0.465 e. The normalized spacial score (nSPS) is 10.8. The molecule has 0 saturated heterocycles. The van der Waals surface area contributed by atoms with E-state index in [0.29, 0.717) is 19.0 Å². The van der Waals surface area contributed by atoms with Crippen LogP contribution in [-0.4, -0.2) is 19.0 Å². The van der Waals surface area contributed by atoms with Crippen molar-refractivity contribution in [2.24, 2.45) is 5.92 Å². The third kappa shape index (κ3) is 4.98. The highest BCUT2D eigenvalue weighted by atomic mass is 16.3. The number of furan rings is 1. The van der Waals surface area contributed by atoms with Crippen molar-refractivity contribution in [1.29, 1.82) is 0 Å². The van der Waals surface area contributed by atoms with Crippen LogP contribution in [0.2, 0.25) is 0 Å². The van der Waals surface area contributed by atoms with Crippen LogP contribution in [0.25, 0.3) is 0 Å². The minimum atomic E-state index is 0.0250. The average molecular weight is 224 g/mol. The van der Waals surface area contributed by atoms with Crippen LogP contribution >= 0.6 is 0 Å². The number of carbonyl (C=O) groups is 1. The number of hydrogen-bond donors (Lipinski definition) is 2. The Balaban J connectivity index is 2.13. The molecular formula is C12H20N2O2. The predicted octanol–water partition coefficient (Wildman–Crippen LogP) is 1.45. The smallest absolute Gasteiger partial charge is 0.233 e. The van der Waals surface area contributed by atoms with Crippen LogP contribution in [0.5, 0.6) is 0 Å². The molecule has 0 atom stereocenters. The molecule has 1 rings (SSSR count). The summed E-state index contributed by atoms with van der Waals surface area (Å²) in [6, 6.07) is 3.82. The maximum atomic E-state index is 11.3. The summed E-state index contributed by atoms with van der Waals surface area (Å²) in [5.41, 5.74) is 0. The molecule has 1 aromatic rings. The first kappa shape index (κ1) is 12.8. The van der Waals surface area contributed by atoms with Gasteiger partial charge in [-0.3, -0.25) is 4.79 Å². The molecule has 1 heterocycles. The van der Waals surface area contributed by atoms with E-state index in [1.54, 1.807) is 0 Å². The molecule has 1 aromatic heterocycles. The van der Waals surface area contributed by atoms with Crippen LogP contribution in [0.4, 0.5) is 0 Å². The van der Waals surface area contributed by atoms with Gasteiger partial charge >= 0.3 is 0 Å². The van der Waals surface area contributed by atoms with Crippen molar-refractivity contribution < 1.29 is 9.21 Å². The van der Waals surface area contributed by atoms with E-state index in [1.165, 1.54) is 0 Å². The number of rotatable bonds is 6. The van der Waals surface area contributed by atoms with E-state index in [1.807, 2.05) is 19.1 Å². The molecule has 0 aliphatic rings. The van der Waals surface area contributed by atoms with Gasteiger partial charge in [0.25, 0.3) is 0 Å². The van der Waals surface area contributed by atoms with Crippen LogP contribution in [-0.2, 0) is 11.3 Å². The quantitative estimate of drug-likeness (QED) is 0.769. The van der Waals surface area contributed by atoms with Gasteiger partial charge in [0.2, 0.25) is 5.91 Å². The van der Waals surface area contributed by atoms with Crippen LogP contribution in [0.3, 0.4) is 0 Å². The van der Waals surface area contributed by atoms with Crippen LogP contribution in [0, 0.1) is 12.8 Å². The Bertz CT molecular complexity index is 332. The summed E-state index contributed by atoms with van der Waals surface area (Å²) in [6.45, 7) is 7.67. The summed E-state index contributed by atoms with van der Waals surface area (Å²) < 4.78 is 5.37. The lowest BCUT2D eigenvalue weighted by Crippen LogP contribution is -2.35. The van der Waals surface area contributed by atoms with E-state index in [-0.39, 0.29) is 5.91 Å². The van der Waals surface area contributed by atoms with Gasteiger partial charge in [-0.15, -0.1) is 0 Å². The standard InChI is InChI=1S/C12H20N2O2/c1-9(2)6-14-12(15)8-13-7-11-5-4-10(3)16-11/h4-5,9,13H,6-8H2,1-3H3,(H,14,15). The summed E-state index contributed by atoms with van der Waals surface area (Å²) in [4.78, 5) is 11.3. The SMILES string of the molecule is Cc1ccc(CNCC(=O)NCC(C)C)o1. The molecule has 4 nitrogen and oxygen atoms in total. The fraction of sp³-hybridized carbons (Fsp3) is 0.583. The monoisotopic (exact) mass is 224 g/mol. The number of amides is 1. The lowest BCUT2D eigenvalue weighted by Gasteiger charge is -2.07. The second-order valence-corrected chi connectivity index (χ2v) is 4.31. The number of hydrogen-bond acceptors (Lipinski definition) is 3. The van der Waals surface area contributed by atoms with Gasteiger partial charge in [0.15, 0.2) is 0 Å². The fourth-order valence-electron chi connectivity index (χ4n) is 1.26. The zero-order valence-electron chi connectivity index (χ0n) is 10.2. The van der Waals surface area contributed by atoms with Crippen molar-refractivity contribution in [1.82, 2.24) is 10.6 Å². The maximum Gasteiger partial charge on any atom is 0.233 e. The highest BCUT2D eigenvalue weighted by Gasteiger charge is 2.03. The van der Waals surface area contributed by atoms with Gasteiger partial charge in [-0.25, -0.2) is 0 Å². The lowest BCUT2D eigenvalue weighted by atomic mass is 10.2. The lowest BCUT2D eigenvalue weighted by molar-refractivity contribution is -0.120. The molecule has 0 radical (unpaired) electrons. The molecule has 0 spiro atoms. The minimum absolute atomic E-state index is 0.0250. The summed E-state index contributed by atoms with van der Waals surface area (Å²) in [6.07, 6.45) is 0. The van der Waals surface area contributed by atoms with Gasteiger partial charge in [0.1, 0.15) is 11.5 Å². The van der Waals surface area contributed by atoms with Crippen LogP contribution in [0.1, 0.15) is 25.4 Å². The zero-order valence-corrected chi connectivity index (χ0v) is 10.2. The molecule has 16 heavy (non-hydrogen) atoms.